The summed E-state index contributed by atoms with van der Waals surface area (Å²) in [5.41, 5.74) is 5.72. The molecular weight excluding hydrogens is 572 g/mol. The van der Waals surface area contributed by atoms with Crippen molar-refractivity contribution in [2.45, 2.75) is 25.9 Å². The number of carbonyl (C=O) groups excluding carboxylic acids is 1. The van der Waals surface area contributed by atoms with E-state index in [1.54, 1.807) is 7.11 Å². The van der Waals surface area contributed by atoms with Gasteiger partial charge in [0.25, 0.3) is 0 Å². The maximum Gasteiger partial charge on any atom is 0.335 e. The Bertz CT molecular complexity index is 1690. The van der Waals surface area contributed by atoms with E-state index in [0.29, 0.717) is 66.3 Å². The molecule has 2 aliphatic rings. The first kappa shape index (κ1) is 30.1. The van der Waals surface area contributed by atoms with Gasteiger partial charge < -0.3 is 33.2 Å². The van der Waals surface area contributed by atoms with Gasteiger partial charge in [-0.3, -0.25) is 0 Å². The van der Waals surface area contributed by atoms with Crippen LogP contribution < -0.4 is 23.7 Å². The third-order valence-electron chi connectivity index (χ3n) is 7.83. The van der Waals surface area contributed by atoms with Gasteiger partial charge in [-0.1, -0.05) is 49.4 Å². The lowest BCUT2D eigenvalue weighted by Crippen LogP contribution is -2.13. The standard InChI is InChI=1S/C37H36O8/c1-4-16-42-27-12-13-28-30(20-27)35(36(37(38)40-3)34(28)25-10-15-31-33(19-25)45-23-44-31)29-14-11-26(39-2)21-32(29)43-18-17-41-22-24-8-6-5-7-9-24/h5-15,19-21,34H,4,16-18,22-23H2,1-3H3. The SMILES string of the molecule is CCCOc1ccc2c(c1)C(c1ccc(OC)cc1OCCOCc1ccccc1)=C(C(=O)OC)C2c1ccc2c(c1)OCO2. The molecule has 0 spiro atoms. The van der Waals surface area contributed by atoms with Crippen LogP contribution in [0, 0.1) is 0 Å². The predicted octanol–water partition coefficient (Wildman–Crippen LogP) is 6.93. The van der Waals surface area contributed by atoms with Gasteiger partial charge in [0, 0.05) is 23.1 Å². The van der Waals surface area contributed by atoms with Crippen LogP contribution in [0.15, 0.2) is 90.5 Å². The maximum atomic E-state index is 13.8. The molecular formula is C37H36O8. The molecule has 1 heterocycles. The summed E-state index contributed by atoms with van der Waals surface area (Å²) in [6.07, 6.45) is 0.871. The number of methoxy groups -OCH3 is 2. The molecule has 6 rings (SSSR count). The first-order valence-corrected chi connectivity index (χ1v) is 15.0. The first-order valence-electron chi connectivity index (χ1n) is 15.0. The Labute approximate surface area is 263 Å². The van der Waals surface area contributed by atoms with Gasteiger partial charge in [-0.25, -0.2) is 4.79 Å². The molecule has 1 aliphatic carbocycles. The van der Waals surface area contributed by atoms with Gasteiger partial charge in [-0.2, -0.15) is 0 Å². The molecule has 0 radical (unpaired) electrons. The Balaban J connectivity index is 1.42. The Hall–Kier alpha value is -4.95. The Morgan fingerprint density at radius 2 is 1.62 bits per heavy atom. The molecule has 0 aromatic heterocycles. The van der Waals surface area contributed by atoms with Crippen molar-refractivity contribution in [1.29, 1.82) is 0 Å². The third-order valence-corrected chi connectivity index (χ3v) is 7.83. The summed E-state index contributed by atoms with van der Waals surface area (Å²) in [4.78, 5) is 13.8. The van der Waals surface area contributed by atoms with Crippen molar-refractivity contribution in [3.8, 4) is 28.7 Å². The van der Waals surface area contributed by atoms with Gasteiger partial charge in [0.1, 0.15) is 23.9 Å². The molecule has 1 atom stereocenters. The minimum absolute atomic E-state index is 0.157. The molecule has 0 N–H and O–H groups in total. The van der Waals surface area contributed by atoms with Gasteiger partial charge in [0.05, 0.1) is 39.6 Å². The Morgan fingerprint density at radius 1 is 0.800 bits per heavy atom. The van der Waals surface area contributed by atoms with Crippen molar-refractivity contribution < 1.29 is 38.0 Å². The highest BCUT2D eigenvalue weighted by molar-refractivity contribution is 6.08. The van der Waals surface area contributed by atoms with E-state index in [9.17, 15) is 4.79 Å². The molecule has 4 aromatic rings. The fourth-order valence-electron chi connectivity index (χ4n) is 5.75. The van der Waals surface area contributed by atoms with Crippen LogP contribution >= 0.6 is 0 Å². The molecule has 45 heavy (non-hydrogen) atoms. The number of esters is 1. The summed E-state index contributed by atoms with van der Waals surface area (Å²) in [6.45, 7) is 3.95. The monoisotopic (exact) mass is 608 g/mol. The highest BCUT2D eigenvalue weighted by Crippen LogP contribution is 2.52. The zero-order valence-electron chi connectivity index (χ0n) is 25.7. The van der Waals surface area contributed by atoms with Crippen molar-refractivity contribution >= 4 is 11.5 Å². The van der Waals surface area contributed by atoms with E-state index in [4.69, 9.17) is 33.2 Å². The number of hydrogen-bond donors (Lipinski definition) is 0. The van der Waals surface area contributed by atoms with Crippen molar-refractivity contribution in [3.05, 3.63) is 118 Å². The number of fused-ring (bicyclic) bond motifs is 2. The van der Waals surface area contributed by atoms with Crippen LogP contribution in [0.4, 0.5) is 0 Å². The molecule has 0 amide bonds. The number of carbonyl (C=O) groups is 1. The summed E-state index contributed by atoms with van der Waals surface area (Å²) in [7, 11) is 3.01. The largest absolute Gasteiger partial charge is 0.497 e. The highest BCUT2D eigenvalue weighted by atomic mass is 16.7. The second-order valence-electron chi connectivity index (χ2n) is 10.7. The Kier molecular flexibility index (Phi) is 9.22. The molecule has 0 saturated carbocycles. The lowest BCUT2D eigenvalue weighted by atomic mass is 9.87. The number of benzene rings is 4. The second-order valence-corrected chi connectivity index (χ2v) is 10.7. The molecule has 1 aliphatic heterocycles. The fourth-order valence-corrected chi connectivity index (χ4v) is 5.75. The normalized spacial score (nSPS) is 14.7. The predicted molar refractivity (Wildman–Crippen MR) is 169 cm³/mol. The molecule has 1 unspecified atom stereocenters. The molecule has 0 bridgehead atoms. The van der Waals surface area contributed by atoms with E-state index in [0.717, 1.165) is 34.2 Å². The quantitative estimate of drug-likeness (QED) is 0.119. The summed E-state index contributed by atoms with van der Waals surface area (Å²) < 4.78 is 40.5. The topological polar surface area (TPSA) is 81.7 Å². The average Bonchev–Trinajstić information content (AvgIpc) is 3.69. The van der Waals surface area contributed by atoms with Crippen LogP contribution in [0.3, 0.4) is 0 Å². The van der Waals surface area contributed by atoms with Crippen LogP contribution in [0.25, 0.3) is 5.57 Å². The van der Waals surface area contributed by atoms with Gasteiger partial charge in [0.2, 0.25) is 6.79 Å². The number of hydrogen-bond acceptors (Lipinski definition) is 8. The van der Waals surface area contributed by atoms with Crippen LogP contribution in [0.1, 0.15) is 47.1 Å². The average molecular weight is 609 g/mol. The second kappa shape index (κ2) is 13.8. The van der Waals surface area contributed by atoms with Crippen LogP contribution in [-0.4, -0.2) is 46.8 Å². The van der Waals surface area contributed by atoms with E-state index < -0.39 is 11.9 Å². The maximum absolute atomic E-state index is 13.8. The van der Waals surface area contributed by atoms with Gasteiger partial charge in [0.15, 0.2) is 11.5 Å². The fraction of sp³-hybridized carbons (Fsp3) is 0.270. The molecule has 4 aromatic carbocycles. The van der Waals surface area contributed by atoms with E-state index in [1.165, 1.54) is 7.11 Å². The third kappa shape index (κ3) is 6.33. The zero-order valence-corrected chi connectivity index (χ0v) is 25.7. The molecule has 8 heteroatoms. The smallest absolute Gasteiger partial charge is 0.335 e. The van der Waals surface area contributed by atoms with Gasteiger partial charge in [-0.15, -0.1) is 0 Å². The lowest BCUT2D eigenvalue weighted by Gasteiger charge is -2.18. The van der Waals surface area contributed by atoms with E-state index in [-0.39, 0.29) is 6.79 Å². The number of ether oxygens (including phenoxy) is 7. The van der Waals surface area contributed by atoms with Crippen LogP contribution in [0.2, 0.25) is 0 Å². The summed E-state index contributed by atoms with van der Waals surface area (Å²) in [6, 6.07) is 27.3. The van der Waals surface area contributed by atoms with Crippen molar-refractivity contribution in [2.75, 3.05) is 40.8 Å². The minimum atomic E-state index is -0.437. The van der Waals surface area contributed by atoms with Crippen LogP contribution in [-0.2, 0) is 20.9 Å². The van der Waals surface area contributed by atoms with Crippen molar-refractivity contribution in [1.82, 2.24) is 0 Å². The summed E-state index contributed by atoms with van der Waals surface area (Å²) in [5, 5.41) is 0. The first-order chi connectivity index (χ1) is 22.1. The number of rotatable bonds is 13. The zero-order chi connectivity index (χ0) is 31.2. The van der Waals surface area contributed by atoms with E-state index in [2.05, 4.69) is 6.92 Å². The van der Waals surface area contributed by atoms with Gasteiger partial charge in [-0.05, 0) is 65.1 Å². The van der Waals surface area contributed by atoms with Crippen molar-refractivity contribution in [2.24, 2.45) is 0 Å². The molecule has 232 valence electrons. The molecule has 8 nitrogen and oxygen atoms in total. The minimum Gasteiger partial charge on any atom is -0.497 e. The van der Waals surface area contributed by atoms with E-state index >= 15 is 0 Å². The molecule has 0 fully saturated rings. The highest BCUT2D eigenvalue weighted by Gasteiger charge is 2.39. The molecule has 0 saturated heterocycles. The van der Waals surface area contributed by atoms with Crippen LogP contribution in [0.5, 0.6) is 28.7 Å². The Morgan fingerprint density at radius 3 is 2.42 bits per heavy atom. The summed E-state index contributed by atoms with van der Waals surface area (Å²) >= 11 is 0. The van der Waals surface area contributed by atoms with Crippen molar-refractivity contribution in [3.63, 3.8) is 0 Å². The summed E-state index contributed by atoms with van der Waals surface area (Å²) in [5.74, 6) is 2.35. The van der Waals surface area contributed by atoms with Gasteiger partial charge >= 0.3 is 5.97 Å². The van der Waals surface area contributed by atoms with E-state index in [1.807, 2.05) is 84.9 Å². The lowest BCUT2D eigenvalue weighted by molar-refractivity contribution is -0.136.